The minimum atomic E-state index is 0.628. The summed E-state index contributed by atoms with van der Waals surface area (Å²) in [6.07, 6.45) is 4.30. The number of rotatable bonds is 3. The fraction of sp³-hybridized carbons (Fsp3) is 0.625. The van der Waals surface area contributed by atoms with Crippen molar-refractivity contribution in [2.75, 3.05) is 0 Å². The van der Waals surface area contributed by atoms with Crippen LogP contribution < -0.4 is 0 Å². The molecule has 0 saturated carbocycles. The molecule has 1 aromatic heterocycles. The Morgan fingerprint density at radius 2 is 2.09 bits per heavy atom. The van der Waals surface area contributed by atoms with E-state index < -0.39 is 0 Å². The van der Waals surface area contributed by atoms with Gasteiger partial charge in [-0.2, -0.15) is 0 Å². The van der Waals surface area contributed by atoms with Gasteiger partial charge in [-0.25, -0.2) is 0 Å². The molecule has 62 valence electrons. The Bertz CT molecular complexity index is 257. The van der Waals surface area contributed by atoms with Gasteiger partial charge in [0.05, 0.1) is 0 Å². The number of aromatic nitrogens is 2. The van der Waals surface area contributed by atoms with Gasteiger partial charge in [-0.15, -0.1) is 0 Å². The van der Waals surface area contributed by atoms with Crippen molar-refractivity contribution < 1.29 is 0 Å². The highest BCUT2D eigenvalue weighted by atomic mass is 32.1. The number of nitrogens with one attached hydrogen (secondary N) is 2. The van der Waals surface area contributed by atoms with E-state index in [-0.39, 0.29) is 0 Å². The Morgan fingerprint density at radius 3 is 2.45 bits per heavy atom. The van der Waals surface area contributed by atoms with Gasteiger partial charge in [0.25, 0.3) is 0 Å². The van der Waals surface area contributed by atoms with Crippen LogP contribution in [0.5, 0.6) is 0 Å². The predicted molar refractivity (Wildman–Crippen MR) is 49.3 cm³/mol. The second kappa shape index (κ2) is 3.72. The van der Waals surface area contributed by atoms with E-state index in [0.29, 0.717) is 5.92 Å². The van der Waals surface area contributed by atoms with Crippen molar-refractivity contribution in [3.63, 3.8) is 0 Å². The van der Waals surface area contributed by atoms with Gasteiger partial charge in [-0.3, -0.25) is 0 Å². The first-order valence-electron chi connectivity index (χ1n) is 4.05. The smallest absolute Gasteiger partial charge is 0.174 e. The molecule has 1 aromatic rings. The number of hydrogen-bond acceptors (Lipinski definition) is 1. The quantitative estimate of drug-likeness (QED) is 0.671. The van der Waals surface area contributed by atoms with Crippen molar-refractivity contribution in [1.82, 2.24) is 9.97 Å². The summed E-state index contributed by atoms with van der Waals surface area (Å²) in [4.78, 5) is 6.11. The van der Waals surface area contributed by atoms with Crippen LogP contribution in [0.1, 0.15) is 38.3 Å². The van der Waals surface area contributed by atoms with E-state index in [2.05, 4.69) is 23.8 Å². The van der Waals surface area contributed by atoms with Crippen LogP contribution in [0.4, 0.5) is 0 Å². The summed E-state index contributed by atoms with van der Waals surface area (Å²) in [5, 5.41) is 0. The molecule has 0 amide bonds. The molecule has 1 heterocycles. The lowest BCUT2D eigenvalue weighted by molar-refractivity contribution is 0.626. The lowest BCUT2D eigenvalue weighted by atomic mass is 10.0. The summed E-state index contributed by atoms with van der Waals surface area (Å²) in [5.74, 6) is 0.628. The Labute approximate surface area is 72.0 Å². The maximum Gasteiger partial charge on any atom is 0.174 e. The summed E-state index contributed by atoms with van der Waals surface area (Å²) < 4.78 is 0.729. The van der Waals surface area contributed by atoms with Crippen LogP contribution in [0, 0.1) is 4.77 Å². The summed E-state index contributed by atoms with van der Waals surface area (Å²) in [6, 6.07) is 0. The fourth-order valence-electron chi connectivity index (χ4n) is 1.29. The van der Waals surface area contributed by atoms with Crippen molar-refractivity contribution >= 4 is 12.2 Å². The second-order valence-corrected chi connectivity index (χ2v) is 3.12. The van der Waals surface area contributed by atoms with Crippen LogP contribution in [0.25, 0.3) is 0 Å². The molecule has 0 unspecified atom stereocenters. The van der Waals surface area contributed by atoms with Gasteiger partial charge in [-0.05, 0) is 25.1 Å². The molecule has 0 atom stereocenters. The number of H-pyrrole nitrogens is 2. The van der Waals surface area contributed by atoms with Crippen molar-refractivity contribution in [2.45, 2.75) is 32.6 Å². The zero-order valence-corrected chi connectivity index (χ0v) is 7.79. The van der Waals surface area contributed by atoms with Crippen LogP contribution in [-0.4, -0.2) is 9.97 Å². The molecule has 2 N–H and O–H groups in total. The van der Waals surface area contributed by atoms with Crippen molar-refractivity contribution in [3.05, 3.63) is 16.7 Å². The van der Waals surface area contributed by atoms with E-state index in [1.54, 1.807) is 0 Å². The summed E-state index contributed by atoms with van der Waals surface area (Å²) in [6.45, 7) is 4.39. The molecule has 0 aliphatic carbocycles. The van der Waals surface area contributed by atoms with Gasteiger partial charge < -0.3 is 9.97 Å². The van der Waals surface area contributed by atoms with Crippen LogP contribution in [0.15, 0.2) is 6.20 Å². The zero-order chi connectivity index (χ0) is 8.27. The molecule has 11 heavy (non-hydrogen) atoms. The van der Waals surface area contributed by atoms with Crippen LogP contribution in [0.3, 0.4) is 0 Å². The molecule has 2 nitrogen and oxygen atoms in total. The molecule has 1 rings (SSSR count). The Hall–Kier alpha value is -0.570. The molecular formula is C8H14N2S. The normalized spacial score (nSPS) is 10.8. The highest BCUT2D eigenvalue weighted by Crippen LogP contribution is 2.19. The van der Waals surface area contributed by atoms with Gasteiger partial charge in [0.15, 0.2) is 4.77 Å². The highest BCUT2D eigenvalue weighted by Gasteiger charge is 2.06. The first kappa shape index (κ1) is 8.53. The van der Waals surface area contributed by atoms with E-state index in [4.69, 9.17) is 12.2 Å². The lowest BCUT2D eigenvalue weighted by Gasteiger charge is -2.07. The molecule has 0 bridgehead atoms. The average molecular weight is 170 g/mol. The summed E-state index contributed by atoms with van der Waals surface area (Å²) >= 11 is 4.94. The van der Waals surface area contributed by atoms with E-state index in [1.165, 1.54) is 18.5 Å². The topological polar surface area (TPSA) is 31.6 Å². The molecule has 0 fully saturated rings. The third kappa shape index (κ3) is 1.93. The molecule has 0 spiro atoms. The molecule has 0 radical (unpaired) electrons. The maximum atomic E-state index is 4.94. The Kier molecular flexibility index (Phi) is 2.88. The SMILES string of the molecule is CCC(CC)c1c[nH]c(=S)[nH]1. The largest absolute Gasteiger partial charge is 0.337 e. The Balaban J connectivity index is 2.81. The third-order valence-electron chi connectivity index (χ3n) is 2.04. The predicted octanol–water partition coefficient (Wildman–Crippen LogP) is 2.98. The minimum Gasteiger partial charge on any atom is -0.337 e. The highest BCUT2D eigenvalue weighted by molar-refractivity contribution is 7.71. The molecule has 0 aliphatic heterocycles. The van der Waals surface area contributed by atoms with E-state index in [0.717, 1.165) is 4.77 Å². The summed E-state index contributed by atoms with van der Waals surface area (Å²) in [7, 11) is 0. The average Bonchev–Trinajstić information content (AvgIpc) is 2.39. The van der Waals surface area contributed by atoms with E-state index in [1.807, 2.05) is 6.20 Å². The number of hydrogen-bond donors (Lipinski definition) is 2. The molecule has 0 aromatic carbocycles. The van der Waals surface area contributed by atoms with Crippen molar-refractivity contribution in [2.24, 2.45) is 0 Å². The van der Waals surface area contributed by atoms with Gasteiger partial charge in [-0.1, -0.05) is 13.8 Å². The van der Waals surface area contributed by atoms with Crippen molar-refractivity contribution in [3.8, 4) is 0 Å². The van der Waals surface area contributed by atoms with E-state index >= 15 is 0 Å². The zero-order valence-electron chi connectivity index (χ0n) is 6.98. The van der Waals surface area contributed by atoms with Crippen LogP contribution >= 0.6 is 12.2 Å². The molecular weight excluding hydrogens is 156 g/mol. The molecule has 3 heteroatoms. The van der Waals surface area contributed by atoms with Gasteiger partial charge >= 0.3 is 0 Å². The fourth-order valence-corrected chi connectivity index (χ4v) is 1.47. The molecule has 0 aliphatic rings. The second-order valence-electron chi connectivity index (χ2n) is 2.71. The summed E-state index contributed by atoms with van der Waals surface area (Å²) in [5.41, 5.74) is 1.24. The standard InChI is InChI=1S/C8H14N2S/c1-3-6(4-2)7-5-9-8(11)10-7/h5-6H,3-4H2,1-2H3,(H2,9,10,11). The first-order valence-corrected chi connectivity index (χ1v) is 4.46. The van der Waals surface area contributed by atoms with Gasteiger partial charge in [0.1, 0.15) is 0 Å². The first-order chi connectivity index (χ1) is 5.27. The van der Waals surface area contributed by atoms with E-state index in [9.17, 15) is 0 Å². The maximum absolute atomic E-state index is 4.94. The van der Waals surface area contributed by atoms with Gasteiger partial charge in [0, 0.05) is 17.8 Å². The number of imidazole rings is 1. The van der Waals surface area contributed by atoms with Crippen LogP contribution in [-0.2, 0) is 0 Å². The number of aromatic amines is 2. The minimum absolute atomic E-state index is 0.628. The van der Waals surface area contributed by atoms with Crippen LogP contribution in [0.2, 0.25) is 0 Å². The van der Waals surface area contributed by atoms with Crippen molar-refractivity contribution in [1.29, 1.82) is 0 Å². The Morgan fingerprint density at radius 1 is 1.45 bits per heavy atom. The lowest BCUT2D eigenvalue weighted by Crippen LogP contribution is -1.94. The third-order valence-corrected chi connectivity index (χ3v) is 2.26. The monoisotopic (exact) mass is 170 g/mol. The van der Waals surface area contributed by atoms with Gasteiger partial charge in [0.2, 0.25) is 0 Å². The molecule has 0 saturated heterocycles.